The van der Waals surface area contributed by atoms with Gasteiger partial charge in [-0.05, 0) is 25.3 Å². The van der Waals surface area contributed by atoms with Gasteiger partial charge in [0.15, 0.2) is 0 Å². The van der Waals surface area contributed by atoms with Crippen LogP contribution >= 0.6 is 12.6 Å². The minimum Gasteiger partial charge on any atom is -0.355 e. The van der Waals surface area contributed by atoms with E-state index < -0.39 is 5.25 Å². The highest BCUT2D eigenvalue weighted by Gasteiger charge is 2.14. The largest absolute Gasteiger partial charge is 0.355 e. The van der Waals surface area contributed by atoms with Gasteiger partial charge >= 0.3 is 0 Å². The molecule has 0 heterocycles. The lowest BCUT2D eigenvalue weighted by Crippen LogP contribution is -2.37. The van der Waals surface area contributed by atoms with Crippen molar-refractivity contribution in [2.45, 2.75) is 44.4 Å². The topological polar surface area (TPSA) is 58.2 Å². The molecule has 0 bridgehead atoms. The Morgan fingerprint density at radius 3 is 2.52 bits per heavy atom. The van der Waals surface area contributed by atoms with Crippen molar-refractivity contribution < 1.29 is 9.59 Å². The highest BCUT2D eigenvalue weighted by molar-refractivity contribution is 7.81. The van der Waals surface area contributed by atoms with Crippen LogP contribution in [-0.2, 0) is 16.0 Å². The zero-order chi connectivity index (χ0) is 15.7. The van der Waals surface area contributed by atoms with Gasteiger partial charge in [-0.1, -0.05) is 37.3 Å². The van der Waals surface area contributed by atoms with Crippen LogP contribution in [0, 0.1) is 0 Å². The molecule has 0 radical (unpaired) electrons. The van der Waals surface area contributed by atoms with Crippen LogP contribution in [-0.4, -0.2) is 29.7 Å². The normalized spacial score (nSPS) is 13.3. The molecule has 2 atom stereocenters. The van der Waals surface area contributed by atoms with Crippen LogP contribution in [0.15, 0.2) is 30.3 Å². The van der Waals surface area contributed by atoms with Crippen molar-refractivity contribution in [3.05, 3.63) is 35.9 Å². The number of benzene rings is 1. The summed E-state index contributed by atoms with van der Waals surface area (Å²) in [5, 5.41) is 5.21. The molecular weight excluding hydrogens is 284 g/mol. The Morgan fingerprint density at radius 2 is 1.90 bits per heavy atom. The maximum Gasteiger partial charge on any atom is 0.233 e. The number of thiol groups is 1. The molecule has 1 aromatic carbocycles. The lowest BCUT2D eigenvalue weighted by Gasteiger charge is -2.13. The van der Waals surface area contributed by atoms with E-state index in [1.165, 1.54) is 0 Å². The molecule has 0 fully saturated rings. The fourth-order valence-electron chi connectivity index (χ4n) is 1.80. The molecule has 0 aliphatic heterocycles. The Balaban J connectivity index is 2.25. The summed E-state index contributed by atoms with van der Waals surface area (Å²) in [4.78, 5) is 23.5. The molecule has 2 unspecified atom stereocenters. The van der Waals surface area contributed by atoms with E-state index in [0.717, 1.165) is 12.0 Å². The summed E-state index contributed by atoms with van der Waals surface area (Å²) >= 11 is 4.32. The van der Waals surface area contributed by atoms with Gasteiger partial charge in [-0.2, -0.15) is 12.6 Å². The predicted molar refractivity (Wildman–Crippen MR) is 88.4 cm³/mol. The summed E-state index contributed by atoms with van der Waals surface area (Å²) in [5.74, 6) is -0.179. The summed E-state index contributed by atoms with van der Waals surface area (Å²) in [5.41, 5.74) is 1.07. The molecule has 2 N–H and O–H groups in total. The molecule has 0 saturated heterocycles. The molecule has 1 aromatic rings. The number of carbonyl (C=O) groups is 2. The van der Waals surface area contributed by atoms with E-state index >= 15 is 0 Å². The molecule has 2 amide bonds. The Hall–Kier alpha value is -1.49. The second-order valence-electron chi connectivity index (χ2n) is 5.12. The second-order valence-corrected chi connectivity index (χ2v) is 5.75. The van der Waals surface area contributed by atoms with Gasteiger partial charge in [0.1, 0.15) is 0 Å². The minimum absolute atomic E-state index is 0.0385. The Labute approximate surface area is 132 Å². The lowest BCUT2D eigenvalue weighted by atomic mass is 10.1. The van der Waals surface area contributed by atoms with Crippen LogP contribution in [0.1, 0.15) is 32.3 Å². The van der Waals surface area contributed by atoms with E-state index in [1.807, 2.05) is 44.2 Å². The number of hydrogen-bond acceptors (Lipinski definition) is 3. The van der Waals surface area contributed by atoms with E-state index in [2.05, 4.69) is 23.3 Å². The predicted octanol–water partition coefficient (Wildman–Crippen LogP) is 1.95. The van der Waals surface area contributed by atoms with Crippen molar-refractivity contribution in [3.63, 3.8) is 0 Å². The van der Waals surface area contributed by atoms with Crippen molar-refractivity contribution in [2.24, 2.45) is 0 Å². The minimum atomic E-state index is -0.398. The Bertz CT molecular complexity index is 451. The molecule has 0 spiro atoms. The first kappa shape index (κ1) is 17.6. The van der Waals surface area contributed by atoms with Crippen LogP contribution in [0.5, 0.6) is 0 Å². The quantitative estimate of drug-likeness (QED) is 0.643. The summed E-state index contributed by atoms with van der Waals surface area (Å²) in [7, 11) is 0. The van der Waals surface area contributed by atoms with Gasteiger partial charge < -0.3 is 10.6 Å². The van der Waals surface area contributed by atoms with Crippen LogP contribution < -0.4 is 10.6 Å². The summed E-state index contributed by atoms with van der Waals surface area (Å²) in [6.07, 6.45) is 1.77. The number of hydrogen-bond donors (Lipinski definition) is 3. The van der Waals surface area contributed by atoms with Crippen molar-refractivity contribution in [1.82, 2.24) is 10.6 Å². The van der Waals surface area contributed by atoms with E-state index in [-0.39, 0.29) is 17.9 Å². The highest BCUT2D eigenvalue weighted by Crippen LogP contribution is 2.07. The van der Waals surface area contributed by atoms with Crippen molar-refractivity contribution in [3.8, 4) is 0 Å². The van der Waals surface area contributed by atoms with Crippen LogP contribution in [0.25, 0.3) is 0 Å². The van der Waals surface area contributed by atoms with E-state index in [4.69, 9.17) is 0 Å². The molecule has 0 aromatic heterocycles. The summed E-state index contributed by atoms with van der Waals surface area (Å²) in [6, 6.07) is 9.92. The van der Waals surface area contributed by atoms with Crippen LogP contribution in [0.2, 0.25) is 0 Å². The van der Waals surface area contributed by atoms with E-state index in [9.17, 15) is 9.59 Å². The fourth-order valence-corrected chi connectivity index (χ4v) is 2.10. The molecule has 0 aliphatic carbocycles. The highest BCUT2D eigenvalue weighted by atomic mass is 32.1. The maximum atomic E-state index is 11.9. The molecule has 21 heavy (non-hydrogen) atoms. The summed E-state index contributed by atoms with van der Waals surface area (Å²) < 4.78 is 0. The number of carbonyl (C=O) groups excluding carboxylic acids is 2. The average molecular weight is 308 g/mol. The molecule has 0 aliphatic rings. The molecular formula is C16H24N2O2S. The van der Waals surface area contributed by atoms with Gasteiger partial charge in [0, 0.05) is 19.0 Å². The van der Waals surface area contributed by atoms with Gasteiger partial charge in [0.2, 0.25) is 11.8 Å². The van der Waals surface area contributed by atoms with Crippen LogP contribution in [0.3, 0.4) is 0 Å². The molecule has 5 heteroatoms. The molecule has 4 nitrogen and oxygen atoms in total. The van der Waals surface area contributed by atoms with Crippen molar-refractivity contribution >= 4 is 24.4 Å². The smallest absolute Gasteiger partial charge is 0.233 e. The standard InChI is InChI=1S/C16H24N2O2S/c1-3-12(2)18-15(19)9-10-17-16(20)14(21)11-13-7-5-4-6-8-13/h4-8,12,14,21H,3,9-11H2,1-2H3,(H,17,20)(H,18,19). The van der Waals surface area contributed by atoms with Gasteiger partial charge in [-0.25, -0.2) is 0 Å². The van der Waals surface area contributed by atoms with Crippen molar-refractivity contribution in [1.29, 1.82) is 0 Å². The first-order valence-corrected chi connectivity index (χ1v) is 7.83. The van der Waals surface area contributed by atoms with Crippen molar-refractivity contribution in [2.75, 3.05) is 6.54 Å². The fraction of sp³-hybridized carbons (Fsp3) is 0.500. The third-order valence-electron chi connectivity index (χ3n) is 3.25. The lowest BCUT2D eigenvalue weighted by molar-refractivity contribution is -0.122. The van der Waals surface area contributed by atoms with Crippen LogP contribution in [0.4, 0.5) is 0 Å². The third kappa shape index (κ3) is 7.18. The van der Waals surface area contributed by atoms with Gasteiger partial charge in [0.05, 0.1) is 5.25 Å². The Kier molecular flexibility index (Phi) is 7.90. The zero-order valence-electron chi connectivity index (χ0n) is 12.6. The number of nitrogens with one attached hydrogen (secondary N) is 2. The monoisotopic (exact) mass is 308 g/mol. The number of amides is 2. The van der Waals surface area contributed by atoms with Gasteiger partial charge in [-0.3, -0.25) is 9.59 Å². The maximum absolute atomic E-state index is 11.9. The SMILES string of the molecule is CCC(C)NC(=O)CCNC(=O)C(S)Cc1ccccc1. The molecule has 0 saturated carbocycles. The Morgan fingerprint density at radius 1 is 1.24 bits per heavy atom. The first-order chi connectivity index (χ1) is 10.0. The average Bonchev–Trinajstić information content (AvgIpc) is 2.47. The third-order valence-corrected chi connectivity index (χ3v) is 3.66. The first-order valence-electron chi connectivity index (χ1n) is 7.32. The zero-order valence-corrected chi connectivity index (χ0v) is 13.5. The van der Waals surface area contributed by atoms with Gasteiger partial charge in [-0.15, -0.1) is 0 Å². The molecule has 116 valence electrons. The van der Waals surface area contributed by atoms with E-state index in [1.54, 1.807) is 0 Å². The van der Waals surface area contributed by atoms with Gasteiger partial charge in [0.25, 0.3) is 0 Å². The second kappa shape index (κ2) is 9.45. The van der Waals surface area contributed by atoms with E-state index in [0.29, 0.717) is 19.4 Å². The number of rotatable bonds is 8. The molecule has 1 rings (SSSR count). The summed E-state index contributed by atoms with van der Waals surface area (Å²) in [6.45, 7) is 4.31.